The second-order valence-electron chi connectivity index (χ2n) is 3.88. The average Bonchev–Trinajstić information content (AvgIpc) is 2.40. The van der Waals surface area contributed by atoms with Gasteiger partial charge in [-0.2, -0.15) is 4.39 Å². The Hall–Kier alpha value is -2.28. The fourth-order valence-corrected chi connectivity index (χ4v) is 1.80. The molecule has 2 rings (SSSR count). The Bertz CT molecular complexity index is 674. The first-order valence-corrected chi connectivity index (χ1v) is 6.27. The fourth-order valence-electron chi connectivity index (χ4n) is 1.53. The molecule has 0 radical (unpaired) electrons. The van der Waals surface area contributed by atoms with Gasteiger partial charge >= 0.3 is 5.69 Å². The van der Waals surface area contributed by atoms with Crippen molar-refractivity contribution in [2.75, 3.05) is 5.32 Å². The summed E-state index contributed by atoms with van der Waals surface area (Å²) in [5.74, 6) is -1.58. The van der Waals surface area contributed by atoms with E-state index in [9.17, 15) is 19.3 Å². The summed E-state index contributed by atoms with van der Waals surface area (Å²) in [5, 5.41) is 13.1. The molecule has 1 amide bonds. The minimum Gasteiger partial charge on any atom is -0.322 e. The topological polar surface area (TPSA) is 72.2 Å². The van der Waals surface area contributed by atoms with Crippen molar-refractivity contribution in [1.82, 2.24) is 0 Å². The van der Waals surface area contributed by atoms with Gasteiger partial charge in [0.2, 0.25) is 5.82 Å². The van der Waals surface area contributed by atoms with Crippen LogP contribution in [-0.2, 0) is 0 Å². The number of carbonyl (C=O) groups is 1. The molecule has 2 aromatic carbocycles. The van der Waals surface area contributed by atoms with E-state index in [4.69, 9.17) is 0 Å². The number of nitro benzene ring substituents is 1. The highest BCUT2D eigenvalue weighted by Crippen LogP contribution is 2.19. The number of hydrogen-bond acceptors (Lipinski definition) is 3. The summed E-state index contributed by atoms with van der Waals surface area (Å²) in [6.45, 7) is 0. The Morgan fingerprint density at radius 1 is 1.20 bits per heavy atom. The summed E-state index contributed by atoms with van der Waals surface area (Å²) in [6.07, 6.45) is 0. The zero-order valence-corrected chi connectivity index (χ0v) is 11.6. The van der Waals surface area contributed by atoms with Gasteiger partial charge in [0, 0.05) is 21.8 Å². The van der Waals surface area contributed by atoms with Crippen molar-refractivity contribution in [1.29, 1.82) is 0 Å². The van der Waals surface area contributed by atoms with Gasteiger partial charge in [-0.05, 0) is 36.4 Å². The van der Waals surface area contributed by atoms with Crippen molar-refractivity contribution in [3.05, 3.63) is 68.4 Å². The van der Waals surface area contributed by atoms with E-state index in [1.54, 1.807) is 24.3 Å². The van der Waals surface area contributed by atoms with Crippen LogP contribution in [0.4, 0.5) is 15.8 Å². The molecule has 0 aliphatic rings. The number of nitrogens with one attached hydrogen (secondary N) is 1. The SMILES string of the molecule is O=C(Nc1ccc(Br)cc1)c1ccc([N+](=O)[O-])c(F)c1. The van der Waals surface area contributed by atoms with Crippen LogP contribution in [0, 0.1) is 15.9 Å². The third-order valence-corrected chi connectivity index (χ3v) is 3.04. The maximum absolute atomic E-state index is 13.4. The molecule has 0 heterocycles. The lowest BCUT2D eigenvalue weighted by Crippen LogP contribution is -2.12. The highest BCUT2D eigenvalue weighted by molar-refractivity contribution is 9.10. The van der Waals surface area contributed by atoms with Gasteiger partial charge in [-0.25, -0.2) is 0 Å². The van der Waals surface area contributed by atoms with Gasteiger partial charge in [-0.15, -0.1) is 0 Å². The molecule has 20 heavy (non-hydrogen) atoms. The standard InChI is InChI=1S/C13H8BrFN2O3/c14-9-2-4-10(5-3-9)16-13(18)8-1-6-12(17(19)20)11(15)7-8/h1-7H,(H,16,18). The van der Waals surface area contributed by atoms with Crippen LogP contribution in [0.25, 0.3) is 0 Å². The molecule has 0 bridgehead atoms. The third-order valence-electron chi connectivity index (χ3n) is 2.51. The van der Waals surface area contributed by atoms with Crippen LogP contribution in [-0.4, -0.2) is 10.8 Å². The van der Waals surface area contributed by atoms with E-state index >= 15 is 0 Å². The number of hydrogen-bond donors (Lipinski definition) is 1. The Kier molecular flexibility index (Phi) is 4.09. The number of nitrogens with zero attached hydrogens (tertiary/aromatic N) is 1. The summed E-state index contributed by atoms with van der Waals surface area (Å²) in [6, 6.07) is 9.83. The summed E-state index contributed by atoms with van der Waals surface area (Å²) in [5.41, 5.74) is -0.113. The van der Waals surface area contributed by atoms with E-state index in [-0.39, 0.29) is 5.56 Å². The monoisotopic (exact) mass is 338 g/mol. The zero-order valence-electron chi connectivity index (χ0n) is 9.97. The van der Waals surface area contributed by atoms with Crippen molar-refractivity contribution in [3.63, 3.8) is 0 Å². The first-order valence-electron chi connectivity index (χ1n) is 5.48. The Morgan fingerprint density at radius 2 is 1.85 bits per heavy atom. The van der Waals surface area contributed by atoms with E-state index in [0.29, 0.717) is 5.69 Å². The van der Waals surface area contributed by atoms with Gasteiger partial charge in [-0.3, -0.25) is 14.9 Å². The lowest BCUT2D eigenvalue weighted by atomic mass is 10.2. The third kappa shape index (κ3) is 3.18. The molecular weight excluding hydrogens is 331 g/mol. The molecule has 0 saturated carbocycles. The zero-order chi connectivity index (χ0) is 14.7. The fraction of sp³-hybridized carbons (Fsp3) is 0. The molecule has 1 N–H and O–H groups in total. The first kappa shape index (κ1) is 14.1. The van der Waals surface area contributed by atoms with E-state index < -0.39 is 22.3 Å². The molecule has 0 atom stereocenters. The first-order chi connectivity index (χ1) is 9.47. The van der Waals surface area contributed by atoms with Crippen LogP contribution < -0.4 is 5.32 Å². The highest BCUT2D eigenvalue weighted by Gasteiger charge is 2.16. The molecule has 2 aromatic rings. The van der Waals surface area contributed by atoms with Crippen LogP contribution in [0.5, 0.6) is 0 Å². The predicted molar refractivity (Wildman–Crippen MR) is 75.1 cm³/mol. The van der Waals surface area contributed by atoms with Crippen LogP contribution in [0.1, 0.15) is 10.4 Å². The number of carbonyl (C=O) groups excluding carboxylic acids is 1. The van der Waals surface area contributed by atoms with Crippen LogP contribution in [0.15, 0.2) is 46.9 Å². The molecule has 0 saturated heterocycles. The Labute approximate surface area is 121 Å². The highest BCUT2D eigenvalue weighted by atomic mass is 79.9. The van der Waals surface area contributed by atoms with Crippen molar-refractivity contribution < 1.29 is 14.1 Å². The van der Waals surface area contributed by atoms with Crippen molar-refractivity contribution >= 4 is 33.2 Å². The molecule has 0 fully saturated rings. The van der Waals surface area contributed by atoms with Gasteiger partial charge in [0.1, 0.15) is 0 Å². The van der Waals surface area contributed by atoms with E-state index in [1.165, 1.54) is 6.07 Å². The summed E-state index contributed by atoms with van der Waals surface area (Å²) in [4.78, 5) is 21.5. The number of nitro groups is 1. The average molecular weight is 339 g/mol. The molecular formula is C13H8BrFN2O3. The quantitative estimate of drug-likeness (QED) is 0.684. The molecule has 5 nitrogen and oxygen atoms in total. The minimum absolute atomic E-state index is 0.0102. The lowest BCUT2D eigenvalue weighted by Gasteiger charge is -2.05. The molecule has 0 unspecified atom stereocenters. The van der Waals surface area contributed by atoms with Gasteiger partial charge < -0.3 is 5.32 Å². The van der Waals surface area contributed by atoms with Crippen molar-refractivity contribution in [3.8, 4) is 0 Å². The second-order valence-corrected chi connectivity index (χ2v) is 4.80. The molecule has 0 spiro atoms. The van der Waals surface area contributed by atoms with Crippen LogP contribution in [0.2, 0.25) is 0 Å². The Morgan fingerprint density at radius 3 is 2.40 bits per heavy atom. The van der Waals surface area contributed by atoms with Crippen LogP contribution >= 0.6 is 15.9 Å². The summed E-state index contributed by atoms with van der Waals surface area (Å²) < 4.78 is 14.3. The van der Waals surface area contributed by atoms with E-state index in [0.717, 1.165) is 16.6 Å². The van der Waals surface area contributed by atoms with Gasteiger partial charge in [-0.1, -0.05) is 15.9 Å². The number of rotatable bonds is 3. The van der Waals surface area contributed by atoms with Gasteiger partial charge in [0.25, 0.3) is 5.91 Å². The molecule has 0 aromatic heterocycles. The number of amides is 1. The summed E-state index contributed by atoms with van der Waals surface area (Å²) >= 11 is 3.26. The number of benzene rings is 2. The molecule has 102 valence electrons. The van der Waals surface area contributed by atoms with E-state index in [1.807, 2.05) is 0 Å². The summed E-state index contributed by atoms with van der Waals surface area (Å²) in [7, 11) is 0. The van der Waals surface area contributed by atoms with Gasteiger partial charge in [0.05, 0.1) is 4.92 Å². The predicted octanol–water partition coefficient (Wildman–Crippen LogP) is 3.75. The van der Waals surface area contributed by atoms with Gasteiger partial charge in [0.15, 0.2) is 0 Å². The minimum atomic E-state index is -1.04. The molecule has 7 heteroatoms. The molecule has 0 aliphatic carbocycles. The van der Waals surface area contributed by atoms with Crippen molar-refractivity contribution in [2.24, 2.45) is 0 Å². The largest absolute Gasteiger partial charge is 0.322 e. The smallest absolute Gasteiger partial charge is 0.304 e. The number of anilines is 1. The van der Waals surface area contributed by atoms with Crippen LogP contribution in [0.3, 0.4) is 0 Å². The second kappa shape index (κ2) is 5.79. The molecule has 0 aliphatic heterocycles. The van der Waals surface area contributed by atoms with Crippen molar-refractivity contribution in [2.45, 2.75) is 0 Å². The normalized spacial score (nSPS) is 10.1. The maximum atomic E-state index is 13.4. The lowest BCUT2D eigenvalue weighted by molar-refractivity contribution is -0.387. The Balaban J connectivity index is 2.19. The maximum Gasteiger partial charge on any atom is 0.304 e. The van der Waals surface area contributed by atoms with E-state index in [2.05, 4.69) is 21.2 Å². The number of halogens is 2.